The van der Waals surface area contributed by atoms with E-state index < -0.39 is 5.97 Å². The normalized spacial score (nSPS) is 10.6. The summed E-state index contributed by atoms with van der Waals surface area (Å²) in [5, 5.41) is 11.5. The lowest BCUT2D eigenvalue weighted by molar-refractivity contribution is -0.136. The molecule has 18 heavy (non-hydrogen) atoms. The zero-order valence-corrected chi connectivity index (χ0v) is 11.5. The number of aromatic nitrogens is 1. The van der Waals surface area contributed by atoms with E-state index in [1.165, 1.54) is 28.0 Å². The van der Waals surface area contributed by atoms with Crippen LogP contribution in [0.4, 0.5) is 0 Å². The van der Waals surface area contributed by atoms with Gasteiger partial charge in [-0.15, -0.1) is 11.3 Å². The Bertz CT molecular complexity index is 602. The molecular weight excluding hydrogens is 246 g/mol. The number of nitrogens with zero attached hydrogens (tertiary/aromatic N) is 1. The number of aryl methyl sites for hydroxylation is 1. The summed E-state index contributed by atoms with van der Waals surface area (Å²) in [6.07, 6.45) is -0.0135. The smallest absolute Gasteiger partial charge is 0.309 e. The molecule has 1 aromatic carbocycles. The zero-order valence-electron chi connectivity index (χ0n) is 10.7. The molecule has 3 nitrogen and oxygen atoms in total. The summed E-state index contributed by atoms with van der Waals surface area (Å²) in [4.78, 5) is 15.0. The first-order valence-corrected chi connectivity index (χ1v) is 6.60. The van der Waals surface area contributed by atoms with E-state index in [1.54, 1.807) is 0 Å². The SMILES string of the molecule is Cc1ccc(-c2nc(CC(=O)O)cs2)c(C)c1C. The topological polar surface area (TPSA) is 50.2 Å². The Morgan fingerprint density at radius 3 is 2.67 bits per heavy atom. The lowest BCUT2D eigenvalue weighted by Crippen LogP contribution is -2.00. The van der Waals surface area contributed by atoms with E-state index in [4.69, 9.17) is 5.11 Å². The van der Waals surface area contributed by atoms with Crippen LogP contribution in [0.2, 0.25) is 0 Å². The van der Waals surface area contributed by atoms with Crippen molar-refractivity contribution < 1.29 is 9.90 Å². The van der Waals surface area contributed by atoms with Crippen molar-refractivity contribution in [3.05, 3.63) is 39.9 Å². The van der Waals surface area contributed by atoms with Gasteiger partial charge in [0.25, 0.3) is 0 Å². The van der Waals surface area contributed by atoms with E-state index in [1.807, 2.05) is 5.38 Å². The summed E-state index contributed by atoms with van der Waals surface area (Å²) in [6.45, 7) is 6.26. The second-order valence-electron chi connectivity index (χ2n) is 4.39. The van der Waals surface area contributed by atoms with Crippen molar-refractivity contribution in [1.82, 2.24) is 4.98 Å². The molecule has 0 saturated carbocycles. The molecule has 1 heterocycles. The van der Waals surface area contributed by atoms with Crippen LogP contribution >= 0.6 is 11.3 Å². The van der Waals surface area contributed by atoms with Crippen molar-refractivity contribution in [2.24, 2.45) is 0 Å². The second kappa shape index (κ2) is 4.90. The molecule has 0 saturated heterocycles. The van der Waals surface area contributed by atoms with Crippen molar-refractivity contribution in [1.29, 1.82) is 0 Å². The molecule has 0 radical (unpaired) electrons. The van der Waals surface area contributed by atoms with E-state index in [9.17, 15) is 4.79 Å². The monoisotopic (exact) mass is 261 g/mol. The van der Waals surface area contributed by atoms with Crippen LogP contribution in [0.1, 0.15) is 22.4 Å². The molecular formula is C14H15NO2S. The summed E-state index contributed by atoms with van der Waals surface area (Å²) in [6, 6.07) is 4.14. The number of carboxylic acid groups (broad SMARTS) is 1. The Kier molecular flexibility index (Phi) is 3.48. The molecule has 0 aliphatic rings. The van der Waals surface area contributed by atoms with Gasteiger partial charge in [-0.25, -0.2) is 4.98 Å². The summed E-state index contributed by atoms with van der Waals surface area (Å²) in [7, 11) is 0. The highest BCUT2D eigenvalue weighted by molar-refractivity contribution is 7.13. The number of hydrogen-bond acceptors (Lipinski definition) is 3. The van der Waals surface area contributed by atoms with Crippen LogP contribution < -0.4 is 0 Å². The predicted octanol–water partition coefficient (Wildman–Crippen LogP) is 3.36. The van der Waals surface area contributed by atoms with Crippen LogP contribution in [0.15, 0.2) is 17.5 Å². The Labute approximate surface area is 110 Å². The molecule has 0 atom stereocenters. The average molecular weight is 261 g/mol. The van der Waals surface area contributed by atoms with Gasteiger partial charge in [0.05, 0.1) is 12.1 Å². The molecule has 0 aliphatic heterocycles. The second-order valence-corrected chi connectivity index (χ2v) is 5.25. The third-order valence-electron chi connectivity index (χ3n) is 3.17. The van der Waals surface area contributed by atoms with E-state index in [-0.39, 0.29) is 6.42 Å². The molecule has 1 N–H and O–H groups in total. The molecule has 1 aromatic heterocycles. The standard InChI is InChI=1S/C14H15NO2S/c1-8-4-5-12(10(3)9(8)2)14-15-11(7-18-14)6-13(16)17/h4-5,7H,6H2,1-3H3,(H,16,17). The number of carboxylic acids is 1. The fourth-order valence-electron chi connectivity index (χ4n) is 1.85. The van der Waals surface area contributed by atoms with E-state index in [0.29, 0.717) is 5.69 Å². The minimum atomic E-state index is -0.844. The van der Waals surface area contributed by atoms with Crippen molar-refractivity contribution in [3.63, 3.8) is 0 Å². The summed E-state index contributed by atoms with van der Waals surface area (Å²) >= 11 is 1.50. The fraction of sp³-hybridized carbons (Fsp3) is 0.286. The van der Waals surface area contributed by atoms with Gasteiger partial charge < -0.3 is 5.11 Å². The summed E-state index contributed by atoms with van der Waals surface area (Å²) < 4.78 is 0. The molecule has 2 rings (SSSR count). The molecule has 0 aliphatic carbocycles. The zero-order chi connectivity index (χ0) is 13.3. The summed E-state index contributed by atoms with van der Waals surface area (Å²) in [5.41, 5.74) is 5.46. The summed E-state index contributed by atoms with van der Waals surface area (Å²) in [5.74, 6) is -0.844. The lowest BCUT2D eigenvalue weighted by atomic mass is 9.99. The van der Waals surface area contributed by atoms with Crippen LogP contribution in [-0.2, 0) is 11.2 Å². The molecule has 4 heteroatoms. The first-order chi connectivity index (χ1) is 8.49. The Morgan fingerprint density at radius 1 is 1.28 bits per heavy atom. The highest BCUT2D eigenvalue weighted by Crippen LogP contribution is 2.29. The average Bonchev–Trinajstić information content (AvgIpc) is 2.73. The number of benzene rings is 1. The minimum Gasteiger partial charge on any atom is -0.481 e. The Morgan fingerprint density at radius 2 is 2.00 bits per heavy atom. The van der Waals surface area contributed by atoms with Crippen molar-refractivity contribution in [2.75, 3.05) is 0 Å². The largest absolute Gasteiger partial charge is 0.481 e. The number of hydrogen-bond donors (Lipinski definition) is 1. The first kappa shape index (κ1) is 12.8. The van der Waals surface area contributed by atoms with Gasteiger partial charge >= 0.3 is 5.97 Å². The lowest BCUT2D eigenvalue weighted by Gasteiger charge is -2.08. The minimum absolute atomic E-state index is 0.0135. The number of carbonyl (C=O) groups is 1. The molecule has 0 unspecified atom stereocenters. The van der Waals surface area contributed by atoms with Gasteiger partial charge in [-0.05, 0) is 37.5 Å². The van der Waals surface area contributed by atoms with Gasteiger partial charge in [-0.3, -0.25) is 4.79 Å². The van der Waals surface area contributed by atoms with Crippen molar-refractivity contribution in [2.45, 2.75) is 27.2 Å². The molecule has 0 spiro atoms. The number of aliphatic carboxylic acids is 1. The van der Waals surface area contributed by atoms with Crippen LogP contribution in [0.25, 0.3) is 10.6 Å². The van der Waals surface area contributed by atoms with E-state index in [0.717, 1.165) is 10.6 Å². The van der Waals surface area contributed by atoms with Crippen molar-refractivity contribution >= 4 is 17.3 Å². The highest BCUT2D eigenvalue weighted by atomic mass is 32.1. The van der Waals surface area contributed by atoms with Gasteiger partial charge in [-0.1, -0.05) is 12.1 Å². The molecule has 94 valence electrons. The fourth-order valence-corrected chi connectivity index (χ4v) is 2.76. The third kappa shape index (κ3) is 2.43. The quantitative estimate of drug-likeness (QED) is 0.921. The highest BCUT2D eigenvalue weighted by Gasteiger charge is 2.11. The third-order valence-corrected chi connectivity index (χ3v) is 4.10. The van der Waals surface area contributed by atoms with Crippen LogP contribution in [0.3, 0.4) is 0 Å². The van der Waals surface area contributed by atoms with Crippen LogP contribution in [0.5, 0.6) is 0 Å². The number of thiazole rings is 1. The molecule has 0 fully saturated rings. The maximum atomic E-state index is 10.6. The van der Waals surface area contributed by atoms with Gasteiger partial charge in [0, 0.05) is 10.9 Å². The molecule has 0 amide bonds. The Hall–Kier alpha value is -1.68. The maximum absolute atomic E-state index is 10.6. The van der Waals surface area contributed by atoms with Gasteiger partial charge in [0.2, 0.25) is 0 Å². The van der Waals surface area contributed by atoms with E-state index in [2.05, 4.69) is 37.9 Å². The van der Waals surface area contributed by atoms with Gasteiger partial charge in [0.15, 0.2) is 0 Å². The van der Waals surface area contributed by atoms with E-state index >= 15 is 0 Å². The predicted molar refractivity (Wildman–Crippen MR) is 73.1 cm³/mol. The van der Waals surface area contributed by atoms with Gasteiger partial charge in [0.1, 0.15) is 5.01 Å². The Balaban J connectivity index is 2.40. The van der Waals surface area contributed by atoms with Crippen molar-refractivity contribution in [3.8, 4) is 10.6 Å². The molecule has 2 aromatic rings. The first-order valence-electron chi connectivity index (χ1n) is 5.72. The maximum Gasteiger partial charge on any atom is 0.309 e. The van der Waals surface area contributed by atoms with Gasteiger partial charge in [-0.2, -0.15) is 0 Å². The number of rotatable bonds is 3. The van der Waals surface area contributed by atoms with Crippen LogP contribution in [-0.4, -0.2) is 16.1 Å². The van der Waals surface area contributed by atoms with Crippen LogP contribution in [0, 0.1) is 20.8 Å². The molecule has 0 bridgehead atoms.